The Balaban J connectivity index is 3.00. The largest absolute Gasteiger partial charge is 0.396 e. The Labute approximate surface area is 92.5 Å². The van der Waals surface area contributed by atoms with Gasteiger partial charge in [0.05, 0.1) is 0 Å². The van der Waals surface area contributed by atoms with E-state index in [2.05, 4.69) is 20.9 Å². The Morgan fingerprint density at radius 2 is 2.29 bits per heavy atom. The average molecular weight is 259 g/mol. The van der Waals surface area contributed by atoms with Gasteiger partial charge in [-0.1, -0.05) is 19.9 Å². The maximum atomic E-state index is 9.20. The lowest BCUT2D eigenvalue weighted by Crippen LogP contribution is -2.32. The number of hydrogen-bond acceptors (Lipinski definition) is 3. The number of halogens is 1. The molecule has 0 saturated carbocycles. The molecule has 4 heteroatoms. The molecule has 0 aliphatic rings. The number of nitrogens with two attached hydrogens (primary N) is 1. The molecule has 1 aromatic heterocycles. The third-order valence-corrected chi connectivity index (χ3v) is 3.04. The molecule has 0 aliphatic heterocycles. The summed E-state index contributed by atoms with van der Waals surface area (Å²) >= 11 is 3.35. The van der Waals surface area contributed by atoms with Crippen LogP contribution in [0.4, 0.5) is 0 Å². The van der Waals surface area contributed by atoms with Crippen LogP contribution in [0.15, 0.2) is 22.9 Å². The monoisotopic (exact) mass is 258 g/mol. The molecule has 0 aromatic carbocycles. The summed E-state index contributed by atoms with van der Waals surface area (Å²) in [5.74, 6) is 0. The van der Waals surface area contributed by atoms with E-state index in [-0.39, 0.29) is 18.1 Å². The number of hydrogen-bond donors (Lipinski definition) is 2. The first-order valence-corrected chi connectivity index (χ1v) is 5.25. The van der Waals surface area contributed by atoms with Gasteiger partial charge in [0, 0.05) is 29.8 Å². The van der Waals surface area contributed by atoms with Gasteiger partial charge in [0.25, 0.3) is 0 Å². The Bertz CT molecular complexity index is 315. The van der Waals surface area contributed by atoms with Gasteiger partial charge in [0.1, 0.15) is 4.60 Å². The van der Waals surface area contributed by atoms with Crippen molar-refractivity contribution < 1.29 is 5.11 Å². The van der Waals surface area contributed by atoms with Crippen LogP contribution in [0.1, 0.15) is 25.5 Å². The van der Waals surface area contributed by atoms with Crippen molar-refractivity contribution in [1.82, 2.24) is 4.98 Å². The van der Waals surface area contributed by atoms with E-state index >= 15 is 0 Å². The number of pyridine rings is 1. The highest BCUT2D eigenvalue weighted by Gasteiger charge is 2.28. The van der Waals surface area contributed by atoms with E-state index in [9.17, 15) is 5.11 Å². The second kappa shape index (κ2) is 4.38. The molecule has 0 radical (unpaired) electrons. The lowest BCUT2D eigenvalue weighted by molar-refractivity contribution is 0.132. The smallest absolute Gasteiger partial charge is 0.110 e. The summed E-state index contributed by atoms with van der Waals surface area (Å²) in [4.78, 5) is 4.10. The molecule has 0 saturated heterocycles. The molecule has 0 bridgehead atoms. The second-order valence-corrected chi connectivity index (χ2v) is 4.76. The van der Waals surface area contributed by atoms with Crippen molar-refractivity contribution in [3.8, 4) is 0 Å². The fourth-order valence-corrected chi connectivity index (χ4v) is 1.65. The zero-order valence-corrected chi connectivity index (χ0v) is 9.95. The van der Waals surface area contributed by atoms with Crippen molar-refractivity contribution in [1.29, 1.82) is 0 Å². The fourth-order valence-electron chi connectivity index (χ4n) is 1.15. The van der Waals surface area contributed by atoms with Crippen LogP contribution in [0.2, 0.25) is 0 Å². The minimum Gasteiger partial charge on any atom is -0.396 e. The molecule has 1 unspecified atom stereocenters. The first kappa shape index (κ1) is 11.6. The second-order valence-electron chi connectivity index (χ2n) is 4.01. The van der Waals surface area contributed by atoms with Crippen molar-refractivity contribution >= 4 is 15.9 Å². The van der Waals surface area contributed by atoms with Crippen LogP contribution in [-0.4, -0.2) is 16.7 Å². The Kier molecular flexibility index (Phi) is 3.64. The van der Waals surface area contributed by atoms with E-state index in [0.717, 1.165) is 10.2 Å². The third-order valence-electron chi connectivity index (χ3n) is 2.37. The van der Waals surface area contributed by atoms with Crippen LogP contribution >= 0.6 is 15.9 Å². The van der Waals surface area contributed by atoms with E-state index in [4.69, 9.17) is 5.73 Å². The quantitative estimate of drug-likeness (QED) is 0.814. The van der Waals surface area contributed by atoms with Crippen LogP contribution in [0.5, 0.6) is 0 Å². The minimum atomic E-state index is -0.342. The first-order valence-electron chi connectivity index (χ1n) is 4.46. The summed E-state index contributed by atoms with van der Waals surface area (Å²) in [5, 5.41) is 9.20. The summed E-state index contributed by atoms with van der Waals surface area (Å²) in [6.45, 7) is 3.91. The van der Waals surface area contributed by atoms with Gasteiger partial charge in [-0.15, -0.1) is 0 Å². The highest BCUT2D eigenvalue weighted by atomic mass is 79.9. The molecule has 3 N–H and O–H groups in total. The summed E-state index contributed by atoms with van der Waals surface area (Å²) in [7, 11) is 0. The zero-order chi connectivity index (χ0) is 10.8. The van der Waals surface area contributed by atoms with E-state index in [1.807, 2.05) is 26.0 Å². The number of aliphatic hydroxyl groups excluding tert-OH is 1. The molecule has 1 rings (SSSR count). The average Bonchev–Trinajstić information content (AvgIpc) is 2.17. The van der Waals surface area contributed by atoms with E-state index in [1.54, 1.807) is 6.20 Å². The molecule has 1 aromatic rings. The Morgan fingerprint density at radius 3 is 2.79 bits per heavy atom. The zero-order valence-electron chi connectivity index (χ0n) is 8.37. The summed E-state index contributed by atoms with van der Waals surface area (Å²) < 4.78 is 0.744. The molecule has 3 nitrogen and oxygen atoms in total. The highest BCUT2D eigenvalue weighted by Crippen LogP contribution is 2.33. The molecule has 14 heavy (non-hydrogen) atoms. The molecule has 0 aliphatic carbocycles. The Hall–Kier alpha value is -0.450. The van der Waals surface area contributed by atoms with Crippen LogP contribution in [-0.2, 0) is 0 Å². The molecule has 0 spiro atoms. The van der Waals surface area contributed by atoms with E-state index in [1.165, 1.54) is 0 Å². The van der Waals surface area contributed by atoms with Crippen molar-refractivity contribution in [2.45, 2.75) is 19.9 Å². The predicted molar refractivity (Wildman–Crippen MR) is 59.7 cm³/mol. The summed E-state index contributed by atoms with van der Waals surface area (Å²) in [6, 6.07) is 3.53. The molecule has 78 valence electrons. The lowest BCUT2D eigenvalue weighted by Gasteiger charge is -2.29. The number of nitrogens with zero attached hydrogens (tertiary/aromatic N) is 1. The van der Waals surface area contributed by atoms with Gasteiger partial charge in [0.15, 0.2) is 0 Å². The number of rotatable bonds is 3. The van der Waals surface area contributed by atoms with Crippen LogP contribution < -0.4 is 5.73 Å². The maximum Gasteiger partial charge on any atom is 0.110 e. The molecule has 1 atom stereocenters. The van der Waals surface area contributed by atoms with Crippen LogP contribution in [0, 0.1) is 5.41 Å². The van der Waals surface area contributed by atoms with Crippen LogP contribution in [0.3, 0.4) is 0 Å². The Morgan fingerprint density at radius 1 is 1.64 bits per heavy atom. The molecule has 0 amide bonds. The van der Waals surface area contributed by atoms with Gasteiger partial charge in [0.2, 0.25) is 0 Å². The van der Waals surface area contributed by atoms with Crippen molar-refractivity contribution in [2.24, 2.45) is 11.1 Å². The van der Waals surface area contributed by atoms with Gasteiger partial charge in [-0.2, -0.15) is 0 Å². The van der Waals surface area contributed by atoms with Gasteiger partial charge in [-0.25, -0.2) is 4.98 Å². The van der Waals surface area contributed by atoms with E-state index in [0.29, 0.717) is 0 Å². The summed E-state index contributed by atoms with van der Waals surface area (Å²) in [5.41, 5.74) is 6.64. The minimum absolute atomic E-state index is 0.0511. The topological polar surface area (TPSA) is 59.1 Å². The standard InChI is InChI=1S/C10H15BrN2O/c1-10(2,6-14)8(12)7-4-3-5-13-9(7)11/h3-5,8,14H,6,12H2,1-2H3. The molecule has 0 fully saturated rings. The highest BCUT2D eigenvalue weighted by molar-refractivity contribution is 9.10. The van der Waals surface area contributed by atoms with Gasteiger partial charge in [-0.3, -0.25) is 0 Å². The fraction of sp³-hybridized carbons (Fsp3) is 0.500. The lowest BCUT2D eigenvalue weighted by atomic mass is 9.82. The number of aromatic nitrogens is 1. The normalized spacial score (nSPS) is 14.1. The molecular weight excluding hydrogens is 244 g/mol. The maximum absolute atomic E-state index is 9.20. The van der Waals surface area contributed by atoms with Crippen molar-refractivity contribution in [3.05, 3.63) is 28.5 Å². The predicted octanol–water partition coefficient (Wildman–Crippen LogP) is 1.86. The third kappa shape index (κ3) is 2.32. The summed E-state index contributed by atoms with van der Waals surface area (Å²) in [6.07, 6.45) is 1.70. The van der Waals surface area contributed by atoms with Crippen molar-refractivity contribution in [3.63, 3.8) is 0 Å². The molecule has 1 heterocycles. The SMILES string of the molecule is CC(C)(CO)C(N)c1cccnc1Br. The molecular formula is C10H15BrN2O. The van der Waals surface area contributed by atoms with E-state index < -0.39 is 0 Å². The van der Waals surface area contributed by atoms with Gasteiger partial charge in [-0.05, 0) is 22.0 Å². The van der Waals surface area contributed by atoms with Crippen LogP contribution in [0.25, 0.3) is 0 Å². The first-order chi connectivity index (χ1) is 6.49. The van der Waals surface area contributed by atoms with Gasteiger partial charge >= 0.3 is 0 Å². The number of aliphatic hydroxyl groups is 1. The van der Waals surface area contributed by atoms with Crippen molar-refractivity contribution in [2.75, 3.05) is 6.61 Å². The van der Waals surface area contributed by atoms with Gasteiger partial charge < -0.3 is 10.8 Å².